The average Bonchev–Trinajstić information content (AvgIpc) is 3.42. The van der Waals surface area contributed by atoms with E-state index in [1.165, 1.54) is 55.5 Å². The van der Waals surface area contributed by atoms with E-state index in [1.54, 1.807) is 6.20 Å². The fourth-order valence-electron chi connectivity index (χ4n) is 4.51. The van der Waals surface area contributed by atoms with Crippen molar-refractivity contribution in [3.8, 4) is 11.5 Å². The smallest absolute Gasteiger partial charge is 0.300 e. The third-order valence-electron chi connectivity index (χ3n) is 6.19. The summed E-state index contributed by atoms with van der Waals surface area (Å²) in [6, 6.07) is 14.5. The Hall–Kier alpha value is -4.30. The van der Waals surface area contributed by atoms with Crippen molar-refractivity contribution in [1.82, 2.24) is 4.98 Å². The molecule has 1 fully saturated rings. The third-order valence-corrected chi connectivity index (χ3v) is 6.49. The quantitative estimate of drug-likeness (QED) is 0.209. The topological polar surface area (TPSA) is 91.9 Å². The molecule has 2 N–H and O–H groups in total. The predicted octanol–water partition coefficient (Wildman–Crippen LogP) is 5.60. The molecule has 0 radical (unpaired) electrons. The highest BCUT2D eigenvalue weighted by Gasteiger charge is 2.48. The SMILES string of the molecule is COc1cc(/C(O)=C2\C(=O)C(=O)N(c3ccc(F)cc3)C2c2c[nH]c3ccccc23)c(OC)cc1Cl. The molecule has 0 bridgehead atoms. The van der Waals surface area contributed by atoms with Gasteiger partial charge in [0.2, 0.25) is 0 Å². The van der Waals surface area contributed by atoms with E-state index in [1.807, 2.05) is 24.3 Å². The number of hydrogen-bond acceptors (Lipinski definition) is 5. The summed E-state index contributed by atoms with van der Waals surface area (Å²) >= 11 is 6.22. The molecule has 0 spiro atoms. The number of fused-ring (bicyclic) bond motifs is 1. The van der Waals surface area contributed by atoms with Gasteiger partial charge >= 0.3 is 0 Å². The molecule has 182 valence electrons. The summed E-state index contributed by atoms with van der Waals surface area (Å²) < 4.78 is 24.4. The Balaban J connectivity index is 1.81. The molecule has 0 saturated carbocycles. The highest BCUT2D eigenvalue weighted by molar-refractivity contribution is 6.52. The van der Waals surface area contributed by atoms with Gasteiger partial charge in [-0.2, -0.15) is 0 Å². The van der Waals surface area contributed by atoms with Crippen LogP contribution in [0.5, 0.6) is 11.5 Å². The molecule has 3 aromatic carbocycles. The first kappa shape index (κ1) is 23.4. The number of ketones is 1. The maximum atomic E-state index is 13.7. The summed E-state index contributed by atoms with van der Waals surface area (Å²) in [5.74, 6) is -2.28. The molecule has 0 aliphatic carbocycles. The number of aromatic nitrogens is 1. The van der Waals surface area contributed by atoms with E-state index < -0.39 is 29.3 Å². The zero-order chi connectivity index (χ0) is 25.6. The molecule has 1 saturated heterocycles. The number of carbonyl (C=O) groups excluding carboxylic acids is 2. The summed E-state index contributed by atoms with van der Waals surface area (Å²) in [5.41, 5.74) is 1.63. The van der Waals surface area contributed by atoms with Crippen molar-refractivity contribution in [1.29, 1.82) is 0 Å². The van der Waals surface area contributed by atoms with Crippen molar-refractivity contribution in [2.45, 2.75) is 6.04 Å². The molecule has 7 nitrogen and oxygen atoms in total. The number of halogens is 2. The van der Waals surface area contributed by atoms with Gasteiger partial charge in [0.15, 0.2) is 0 Å². The van der Waals surface area contributed by atoms with Crippen LogP contribution in [0.3, 0.4) is 0 Å². The van der Waals surface area contributed by atoms with Gasteiger partial charge in [0, 0.05) is 34.4 Å². The van der Waals surface area contributed by atoms with Gasteiger partial charge in [-0.05, 0) is 36.4 Å². The van der Waals surface area contributed by atoms with Crippen LogP contribution in [-0.4, -0.2) is 36.0 Å². The number of nitrogens with zero attached hydrogens (tertiary/aromatic N) is 1. The van der Waals surface area contributed by atoms with Crippen LogP contribution in [-0.2, 0) is 9.59 Å². The molecule has 4 aromatic rings. The maximum absolute atomic E-state index is 13.7. The van der Waals surface area contributed by atoms with Gasteiger partial charge in [-0.3, -0.25) is 14.5 Å². The molecule has 1 amide bonds. The number of aliphatic hydroxyl groups is 1. The van der Waals surface area contributed by atoms with Crippen molar-refractivity contribution in [2.24, 2.45) is 0 Å². The van der Waals surface area contributed by atoms with Crippen molar-refractivity contribution >= 4 is 45.6 Å². The summed E-state index contributed by atoms with van der Waals surface area (Å²) in [6.45, 7) is 0. The van der Waals surface area contributed by atoms with Crippen LogP contribution in [0.4, 0.5) is 10.1 Å². The number of rotatable bonds is 5. The van der Waals surface area contributed by atoms with Crippen LogP contribution < -0.4 is 14.4 Å². The molecule has 1 aliphatic heterocycles. The van der Waals surface area contributed by atoms with Crippen molar-refractivity contribution in [3.63, 3.8) is 0 Å². The Kier molecular flexibility index (Phi) is 5.89. The number of aromatic amines is 1. The Morgan fingerprint density at radius 3 is 2.42 bits per heavy atom. The van der Waals surface area contributed by atoms with E-state index >= 15 is 0 Å². The van der Waals surface area contributed by atoms with Gasteiger partial charge in [-0.15, -0.1) is 0 Å². The molecule has 1 unspecified atom stereocenters. The monoisotopic (exact) mass is 506 g/mol. The number of carbonyl (C=O) groups is 2. The molecule has 1 atom stereocenters. The predicted molar refractivity (Wildman–Crippen MR) is 134 cm³/mol. The van der Waals surface area contributed by atoms with Crippen LogP contribution in [0.25, 0.3) is 16.7 Å². The highest BCUT2D eigenvalue weighted by Crippen LogP contribution is 2.46. The molecule has 1 aromatic heterocycles. The number of anilines is 1. The normalized spacial score (nSPS) is 17.1. The van der Waals surface area contributed by atoms with Gasteiger partial charge in [-0.1, -0.05) is 29.8 Å². The summed E-state index contributed by atoms with van der Waals surface area (Å²) in [7, 11) is 2.81. The number of ether oxygens (including phenoxy) is 2. The lowest BCUT2D eigenvalue weighted by Gasteiger charge is -2.25. The molecule has 5 rings (SSSR count). The second kappa shape index (κ2) is 9.05. The lowest BCUT2D eigenvalue weighted by molar-refractivity contribution is -0.132. The number of para-hydroxylation sites is 1. The zero-order valence-corrected chi connectivity index (χ0v) is 20.0. The summed E-state index contributed by atoms with van der Waals surface area (Å²) in [4.78, 5) is 31.2. The minimum atomic E-state index is -1.02. The van der Waals surface area contributed by atoms with E-state index in [0.29, 0.717) is 11.3 Å². The number of benzene rings is 3. The number of hydrogen-bond donors (Lipinski definition) is 2. The molecule has 36 heavy (non-hydrogen) atoms. The molecule has 2 heterocycles. The Morgan fingerprint density at radius 1 is 1.03 bits per heavy atom. The highest BCUT2D eigenvalue weighted by atomic mass is 35.5. The van der Waals surface area contributed by atoms with Crippen LogP contribution >= 0.6 is 11.6 Å². The van der Waals surface area contributed by atoms with E-state index in [0.717, 1.165) is 10.9 Å². The molecular weight excluding hydrogens is 487 g/mol. The number of H-pyrrole nitrogens is 1. The van der Waals surface area contributed by atoms with Gasteiger partial charge in [0.05, 0.1) is 36.4 Å². The van der Waals surface area contributed by atoms with E-state index in [9.17, 15) is 19.1 Å². The molecular formula is C27H20ClFN2O5. The average molecular weight is 507 g/mol. The van der Waals surface area contributed by atoms with Crippen LogP contribution in [0, 0.1) is 5.82 Å². The van der Waals surface area contributed by atoms with E-state index in [2.05, 4.69) is 4.98 Å². The number of nitrogens with one attached hydrogen (secondary N) is 1. The lowest BCUT2D eigenvalue weighted by Crippen LogP contribution is -2.29. The lowest BCUT2D eigenvalue weighted by atomic mass is 9.94. The second-order valence-corrected chi connectivity index (χ2v) is 8.53. The van der Waals surface area contributed by atoms with Crippen LogP contribution in [0.1, 0.15) is 17.2 Å². The minimum Gasteiger partial charge on any atom is -0.507 e. The van der Waals surface area contributed by atoms with Crippen molar-refractivity contribution in [3.05, 3.63) is 94.4 Å². The fraction of sp³-hybridized carbons (Fsp3) is 0.111. The fourth-order valence-corrected chi connectivity index (χ4v) is 4.74. The number of aliphatic hydroxyl groups excluding tert-OH is 1. The molecule has 9 heteroatoms. The minimum absolute atomic E-state index is 0.126. The summed E-state index contributed by atoms with van der Waals surface area (Å²) in [6.07, 6.45) is 1.69. The van der Waals surface area contributed by atoms with Crippen molar-refractivity contribution in [2.75, 3.05) is 19.1 Å². The van der Waals surface area contributed by atoms with Crippen LogP contribution in [0.15, 0.2) is 72.4 Å². The first-order valence-corrected chi connectivity index (χ1v) is 11.3. The summed E-state index contributed by atoms with van der Waals surface area (Å²) in [5, 5.41) is 12.5. The maximum Gasteiger partial charge on any atom is 0.300 e. The number of Topliss-reactive ketones (excluding diaryl/α,β-unsaturated/α-hetero) is 1. The second-order valence-electron chi connectivity index (χ2n) is 8.12. The Morgan fingerprint density at radius 2 is 1.72 bits per heavy atom. The Bertz CT molecular complexity index is 1540. The first-order chi connectivity index (χ1) is 17.3. The van der Waals surface area contributed by atoms with Gasteiger partial charge in [0.25, 0.3) is 11.7 Å². The zero-order valence-electron chi connectivity index (χ0n) is 19.2. The standard InChI is InChI=1S/C27H20ClFN2O5/c1-35-21-12-19(28)22(36-2)11-17(21)25(32)23-24(18-13-30-20-6-4-3-5-16(18)20)31(27(34)26(23)33)15-9-7-14(29)8-10-15/h3-13,24,30,32H,1-2H3/b25-23+. The van der Waals surface area contributed by atoms with E-state index in [4.69, 9.17) is 21.1 Å². The Labute approximate surface area is 210 Å². The van der Waals surface area contributed by atoms with Gasteiger partial charge in [-0.25, -0.2) is 4.39 Å². The van der Waals surface area contributed by atoms with Crippen molar-refractivity contribution < 1.29 is 28.6 Å². The number of methoxy groups -OCH3 is 2. The van der Waals surface area contributed by atoms with Crippen LogP contribution in [0.2, 0.25) is 5.02 Å². The van der Waals surface area contributed by atoms with Gasteiger partial charge < -0.3 is 19.6 Å². The largest absolute Gasteiger partial charge is 0.507 e. The molecule has 1 aliphatic rings. The third kappa shape index (κ3) is 3.67. The number of amides is 1. The first-order valence-electron chi connectivity index (χ1n) is 10.9. The van der Waals surface area contributed by atoms with Gasteiger partial charge in [0.1, 0.15) is 23.1 Å². The van der Waals surface area contributed by atoms with E-state index in [-0.39, 0.29) is 27.7 Å².